The van der Waals surface area contributed by atoms with E-state index >= 15 is 0 Å². The smallest absolute Gasteiger partial charge is 0.265 e. The number of carbonyl (C=O) groups is 1. The Morgan fingerprint density at radius 3 is 2.56 bits per heavy atom. The molecule has 3 aliphatic rings. The molecule has 3 aliphatic heterocycles. The van der Waals surface area contributed by atoms with E-state index in [0.29, 0.717) is 38.0 Å². The van der Waals surface area contributed by atoms with Crippen molar-refractivity contribution in [2.75, 3.05) is 57.9 Å². The number of rotatable bonds is 5. The van der Waals surface area contributed by atoms with Crippen LogP contribution < -0.4 is 9.64 Å². The van der Waals surface area contributed by atoms with Gasteiger partial charge in [-0.2, -0.15) is 4.31 Å². The second-order valence-electron chi connectivity index (χ2n) is 9.33. The van der Waals surface area contributed by atoms with Crippen molar-refractivity contribution < 1.29 is 22.7 Å². The Kier molecular flexibility index (Phi) is 6.37. The molecule has 182 valence electrons. The third kappa shape index (κ3) is 4.33. The first-order valence-electron chi connectivity index (χ1n) is 11.8. The van der Waals surface area contributed by atoms with E-state index in [1.165, 1.54) is 27.6 Å². The van der Waals surface area contributed by atoms with Gasteiger partial charge in [-0.05, 0) is 62.8 Å². The predicted octanol–water partition coefficient (Wildman–Crippen LogP) is 2.23. The van der Waals surface area contributed by atoms with Gasteiger partial charge in [-0.15, -0.1) is 0 Å². The lowest BCUT2D eigenvalue weighted by Crippen LogP contribution is -2.48. The van der Waals surface area contributed by atoms with Crippen LogP contribution in [0.25, 0.3) is 0 Å². The Morgan fingerprint density at radius 2 is 1.82 bits per heavy atom. The number of fused-ring (bicyclic) bond motifs is 3. The first-order valence-corrected chi connectivity index (χ1v) is 13.2. The molecule has 8 nitrogen and oxygen atoms in total. The number of hydrogen-bond donors (Lipinski definition) is 0. The van der Waals surface area contributed by atoms with Gasteiger partial charge in [-0.25, -0.2) is 8.42 Å². The van der Waals surface area contributed by atoms with Crippen molar-refractivity contribution in [3.8, 4) is 5.75 Å². The Labute approximate surface area is 201 Å². The minimum Gasteiger partial charge on any atom is -0.484 e. The van der Waals surface area contributed by atoms with Crippen molar-refractivity contribution in [1.82, 2.24) is 9.21 Å². The number of amides is 1. The summed E-state index contributed by atoms with van der Waals surface area (Å²) in [6.07, 6.45) is 0.925. The lowest BCUT2D eigenvalue weighted by atomic mass is 9.89. The van der Waals surface area contributed by atoms with Crippen LogP contribution in [-0.2, 0) is 19.6 Å². The fraction of sp³-hybridized carbons (Fsp3) is 0.480. The molecule has 1 amide bonds. The lowest BCUT2D eigenvalue weighted by Gasteiger charge is -2.36. The lowest BCUT2D eigenvalue weighted by molar-refractivity contribution is -0.121. The van der Waals surface area contributed by atoms with Crippen LogP contribution in [-0.4, -0.2) is 82.6 Å². The summed E-state index contributed by atoms with van der Waals surface area (Å²) < 4.78 is 38.1. The summed E-state index contributed by atoms with van der Waals surface area (Å²) in [6.45, 7) is 5.39. The van der Waals surface area contributed by atoms with E-state index in [1.54, 1.807) is 12.1 Å². The summed E-state index contributed by atoms with van der Waals surface area (Å²) in [7, 11) is -1.43. The van der Waals surface area contributed by atoms with Crippen LogP contribution >= 0.6 is 0 Å². The monoisotopic (exact) mass is 485 g/mol. The molecule has 0 radical (unpaired) electrons. The van der Waals surface area contributed by atoms with E-state index in [4.69, 9.17) is 9.47 Å². The average Bonchev–Trinajstić information content (AvgIpc) is 3.16. The zero-order chi connectivity index (χ0) is 23.9. The first-order chi connectivity index (χ1) is 16.3. The van der Waals surface area contributed by atoms with Gasteiger partial charge in [0.05, 0.1) is 18.1 Å². The predicted molar refractivity (Wildman–Crippen MR) is 129 cm³/mol. The number of nitrogens with zero attached hydrogens (tertiary/aromatic N) is 3. The molecule has 2 aromatic rings. The van der Waals surface area contributed by atoms with Crippen LogP contribution in [0.1, 0.15) is 23.5 Å². The van der Waals surface area contributed by atoms with Crippen molar-refractivity contribution in [2.24, 2.45) is 0 Å². The van der Waals surface area contributed by atoms with Gasteiger partial charge < -0.3 is 19.3 Å². The Hall–Kier alpha value is -2.46. The molecule has 2 fully saturated rings. The highest BCUT2D eigenvalue weighted by Gasteiger charge is 2.43. The summed E-state index contributed by atoms with van der Waals surface area (Å²) in [4.78, 5) is 17.8. The van der Waals surface area contributed by atoms with Gasteiger partial charge in [0.25, 0.3) is 5.91 Å². The molecule has 0 spiro atoms. The highest BCUT2D eigenvalue weighted by Crippen LogP contribution is 2.45. The molecule has 0 unspecified atom stereocenters. The maximum atomic E-state index is 13.3. The topological polar surface area (TPSA) is 79.4 Å². The Balaban J connectivity index is 1.28. The SMILES string of the molecule is Cc1ccc2c(c1)[C@@H]1CN(C)CC[C@H]1N2C(=O)COc1ccc(S(=O)(=O)N2CCOCC2)cc1. The van der Waals surface area contributed by atoms with Crippen LogP contribution in [0.2, 0.25) is 0 Å². The molecular weight excluding hydrogens is 454 g/mol. The molecule has 3 heterocycles. The van der Waals surface area contributed by atoms with E-state index in [9.17, 15) is 13.2 Å². The Bertz CT molecular complexity index is 1160. The highest BCUT2D eigenvalue weighted by molar-refractivity contribution is 7.89. The quantitative estimate of drug-likeness (QED) is 0.646. The van der Waals surface area contributed by atoms with Crippen molar-refractivity contribution in [3.05, 3.63) is 53.6 Å². The first kappa shape index (κ1) is 23.3. The van der Waals surface area contributed by atoms with E-state index < -0.39 is 10.0 Å². The number of likely N-dealkylation sites (N-methyl/N-ethyl adjacent to an activating group) is 1. The van der Waals surface area contributed by atoms with Crippen molar-refractivity contribution in [1.29, 1.82) is 0 Å². The summed E-state index contributed by atoms with van der Waals surface area (Å²) >= 11 is 0. The second-order valence-corrected chi connectivity index (χ2v) is 11.3. The van der Waals surface area contributed by atoms with Gasteiger partial charge in [-0.1, -0.05) is 17.7 Å². The molecule has 5 rings (SSSR count). The van der Waals surface area contributed by atoms with Crippen molar-refractivity contribution in [3.63, 3.8) is 0 Å². The molecule has 2 saturated heterocycles. The fourth-order valence-corrected chi connectivity index (χ4v) is 6.67. The number of ether oxygens (including phenoxy) is 2. The average molecular weight is 486 g/mol. The molecule has 2 atom stereocenters. The van der Waals surface area contributed by atoms with Crippen molar-refractivity contribution in [2.45, 2.75) is 30.2 Å². The molecule has 0 aliphatic carbocycles. The number of anilines is 1. The number of sulfonamides is 1. The van der Waals surface area contributed by atoms with Crippen LogP contribution in [0.15, 0.2) is 47.4 Å². The number of likely N-dealkylation sites (tertiary alicyclic amines) is 1. The molecule has 9 heteroatoms. The fourth-order valence-electron chi connectivity index (χ4n) is 5.26. The summed E-state index contributed by atoms with van der Waals surface area (Å²) in [5, 5.41) is 0. The molecule has 34 heavy (non-hydrogen) atoms. The van der Waals surface area contributed by atoms with Gasteiger partial charge in [-0.3, -0.25) is 4.79 Å². The summed E-state index contributed by atoms with van der Waals surface area (Å²) in [5.74, 6) is 0.701. The van der Waals surface area contributed by atoms with Gasteiger partial charge in [0.2, 0.25) is 10.0 Å². The number of piperidine rings is 1. The standard InChI is InChI=1S/C25H31N3O5S/c1-18-3-8-23-21(15-18)22-16-26(2)10-9-24(22)28(23)25(29)17-33-19-4-6-20(7-5-19)34(30,31)27-11-13-32-14-12-27/h3-8,15,22,24H,9-14,16-17H2,1-2H3/t22-,24+/m0/s1. The zero-order valence-corrected chi connectivity index (χ0v) is 20.5. The van der Waals surface area contributed by atoms with Crippen LogP contribution in [0.4, 0.5) is 5.69 Å². The van der Waals surface area contributed by atoms with Gasteiger partial charge in [0.15, 0.2) is 6.61 Å². The van der Waals surface area contributed by atoms with E-state index in [0.717, 1.165) is 25.2 Å². The molecule has 0 saturated carbocycles. The van der Waals surface area contributed by atoms with Crippen molar-refractivity contribution >= 4 is 21.6 Å². The number of carbonyl (C=O) groups excluding carboxylic acids is 1. The van der Waals surface area contributed by atoms with Gasteiger partial charge >= 0.3 is 0 Å². The van der Waals surface area contributed by atoms with E-state index in [-0.39, 0.29) is 23.5 Å². The molecule has 2 aromatic carbocycles. The zero-order valence-electron chi connectivity index (χ0n) is 19.6. The summed E-state index contributed by atoms with van der Waals surface area (Å²) in [6, 6.07) is 12.7. The maximum Gasteiger partial charge on any atom is 0.265 e. The van der Waals surface area contributed by atoms with Crippen LogP contribution in [0.3, 0.4) is 0 Å². The number of morpholine rings is 1. The molecule has 0 aromatic heterocycles. The maximum absolute atomic E-state index is 13.3. The minimum absolute atomic E-state index is 0.0767. The van der Waals surface area contributed by atoms with Crippen LogP contribution in [0, 0.1) is 6.92 Å². The molecular formula is C25H31N3O5S. The van der Waals surface area contributed by atoms with E-state index in [1.807, 2.05) is 11.0 Å². The number of benzene rings is 2. The van der Waals surface area contributed by atoms with E-state index in [2.05, 4.69) is 31.0 Å². The number of aryl methyl sites for hydroxylation is 1. The summed E-state index contributed by atoms with van der Waals surface area (Å²) in [5.41, 5.74) is 3.42. The molecule has 0 bridgehead atoms. The largest absolute Gasteiger partial charge is 0.484 e. The minimum atomic E-state index is -3.56. The molecule has 0 N–H and O–H groups in total. The number of hydrogen-bond acceptors (Lipinski definition) is 6. The van der Waals surface area contributed by atoms with Crippen LogP contribution in [0.5, 0.6) is 5.75 Å². The van der Waals surface area contributed by atoms with Gasteiger partial charge in [0, 0.05) is 37.3 Å². The van der Waals surface area contributed by atoms with Gasteiger partial charge in [0.1, 0.15) is 5.75 Å². The highest BCUT2D eigenvalue weighted by atomic mass is 32.2. The third-order valence-electron chi connectivity index (χ3n) is 7.02. The normalized spacial score (nSPS) is 23.4. The Morgan fingerprint density at radius 1 is 1.09 bits per heavy atom. The third-order valence-corrected chi connectivity index (χ3v) is 8.93. The second kappa shape index (κ2) is 9.30.